The maximum Gasteiger partial charge on any atom is 0.417 e. The molecule has 7 heteroatoms. The molecule has 0 aromatic heterocycles. The van der Waals surface area contributed by atoms with E-state index in [0.717, 1.165) is 6.07 Å². The number of rotatable bonds is 2. The lowest BCUT2D eigenvalue weighted by atomic mass is 10.1. The Hall–Kier alpha value is -1.27. The van der Waals surface area contributed by atoms with Crippen LogP contribution in [-0.2, 0) is 11.0 Å². The average Bonchev–Trinajstić information content (AvgIpc) is 2.68. The van der Waals surface area contributed by atoms with E-state index in [4.69, 9.17) is 17.3 Å². The number of carbonyl (C=O) groups is 1. The van der Waals surface area contributed by atoms with Gasteiger partial charge in [0.2, 0.25) is 5.91 Å². The summed E-state index contributed by atoms with van der Waals surface area (Å²) >= 11 is 5.63. The molecule has 1 amide bonds. The Morgan fingerprint density at radius 1 is 1.42 bits per heavy atom. The zero-order valence-corrected chi connectivity index (χ0v) is 10.6. The van der Waals surface area contributed by atoms with E-state index in [2.05, 4.69) is 0 Å². The molecule has 0 aliphatic carbocycles. The highest BCUT2D eigenvalue weighted by Gasteiger charge is 2.35. The molecule has 1 heterocycles. The third kappa shape index (κ3) is 2.84. The monoisotopic (exact) mass is 292 g/mol. The number of nitrogens with two attached hydrogens (primary N) is 1. The van der Waals surface area contributed by atoms with Gasteiger partial charge in [-0.3, -0.25) is 4.79 Å². The maximum atomic E-state index is 12.6. The van der Waals surface area contributed by atoms with Gasteiger partial charge in [0.1, 0.15) is 0 Å². The topological polar surface area (TPSA) is 46.3 Å². The minimum Gasteiger partial charge on any atom is -0.330 e. The van der Waals surface area contributed by atoms with Gasteiger partial charge in [-0.15, -0.1) is 0 Å². The van der Waals surface area contributed by atoms with Gasteiger partial charge in [0, 0.05) is 18.7 Å². The van der Waals surface area contributed by atoms with Crippen molar-refractivity contribution in [2.75, 3.05) is 18.0 Å². The number of halogens is 4. The summed E-state index contributed by atoms with van der Waals surface area (Å²) in [5.41, 5.74) is 4.96. The van der Waals surface area contributed by atoms with Crippen LogP contribution in [0.2, 0.25) is 5.02 Å². The second-order valence-electron chi connectivity index (χ2n) is 4.47. The molecule has 19 heavy (non-hydrogen) atoms. The molecule has 0 bridgehead atoms. The Kier molecular flexibility index (Phi) is 3.73. The van der Waals surface area contributed by atoms with Gasteiger partial charge in [-0.2, -0.15) is 13.2 Å². The molecule has 0 radical (unpaired) electrons. The van der Waals surface area contributed by atoms with Crippen LogP contribution >= 0.6 is 11.6 Å². The summed E-state index contributed by atoms with van der Waals surface area (Å²) in [6.45, 7) is 0.785. The molecule has 2 rings (SSSR count). The van der Waals surface area contributed by atoms with Crippen molar-refractivity contribution in [3.8, 4) is 0 Å². The Morgan fingerprint density at radius 2 is 2.11 bits per heavy atom. The molecule has 1 fully saturated rings. The molecule has 3 nitrogen and oxygen atoms in total. The first-order valence-corrected chi connectivity index (χ1v) is 6.08. The van der Waals surface area contributed by atoms with Crippen molar-refractivity contribution in [3.05, 3.63) is 28.8 Å². The van der Waals surface area contributed by atoms with Gasteiger partial charge >= 0.3 is 6.18 Å². The van der Waals surface area contributed by atoms with E-state index in [-0.39, 0.29) is 11.8 Å². The number of nitrogens with zero attached hydrogens (tertiary/aromatic N) is 1. The van der Waals surface area contributed by atoms with E-state index in [1.165, 1.54) is 17.0 Å². The quantitative estimate of drug-likeness (QED) is 0.911. The SMILES string of the molecule is NCC1CC(=O)N(c2ccc(C(F)(F)F)c(Cl)c2)C1. The highest BCUT2D eigenvalue weighted by atomic mass is 35.5. The van der Waals surface area contributed by atoms with Crippen LogP contribution in [0.4, 0.5) is 18.9 Å². The molecule has 1 aromatic carbocycles. The van der Waals surface area contributed by atoms with Crippen molar-refractivity contribution >= 4 is 23.2 Å². The second kappa shape index (κ2) is 5.02. The van der Waals surface area contributed by atoms with E-state index < -0.39 is 16.8 Å². The van der Waals surface area contributed by atoms with Gasteiger partial charge in [-0.1, -0.05) is 11.6 Å². The van der Waals surface area contributed by atoms with Crippen LogP contribution in [0.5, 0.6) is 0 Å². The van der Waals surface area contributed by atoms with Crippen molar-refractivity contribution in [3.63, 3.8) is 0 Å². The van der Waals surface area contributed by atoms with Gasteiger partial charge in [-0.25, -0.2) is 0 Å². The van der Waals surface area contributed by atoms with Gasteiger partial charge in [0.05, 0.1) is 10.6 Å². The predicted molar refractivity (Wildman–Crippen MR) is 66.0 cm³/mol. The van der Waals surface area contributed by atoms with Crippen LogP contribution in [-0.4, -0.2) is 19.0 Å². The van der Waals surface area contributed by atoms with Crippen molar-refractivity contribution in [1.29, 1.82) is 0 Å². The summed E-state index contributed by atoms with van der Waals surface area (Å²) < 4.78 is 37.7. The van der Waals surface area contributed by atoms with E-state index in [0.29, 0.717) is 25.2 Å². The summed E-state index contributed by atoms with van der Waals surface area (Å²) in [6.07, 6.45) is -4.18. The first-order chi connectivity index (χ1) is 8.82. The van der Waals surface area contributed by atoms with Gasteiger partial charge in [0.25, 0.3) is 0 Å². The number of anilines is 1. The number of amides is 1. The molecule has 104 valence electrons. The number of hydrogen-bond acceptors (Lipinski definition) is 2. The second-order valence-corrected chi connectivity index (χ2v) is 4.88. The fourth-order valence-corrected chi connectivity index (χ4v) is 2.37. The third-order valence-corrected chi connectivity index (χ3v) is 3.42. The minimum atomic E-state index is -4.50. The molecule has 1 unspecified atom stereocenters. The van der Waals surface area contributed by atoms with E-state index >= 15 is 0 Å². The molecule has 0 spiro atoms. The number of carbonyl (C=O) groups excluding carboxylic acids is 1. The number of benzene rings is 1. The lowest BCUT2D eigenvalue weighted by Crippen LogP contribution is -2.25. The van der Waals surface area contributed by atoms with Crippen molar-refractivity contribution < 1.29 is 18.0 Å². The Labute approximate surface area is 113 Å². The molecular weight excluding hydrogens is 281 g/mol. The van der Waals surface area contributed by atoms with Crippen LogP contribution in [0.1, 0.15) is 12.0 Å². The molecular formula is C12H12ClF3N2O. The summed E-state index contributed by atoms with van der Waals surface area (Å²) in [7, 11) is 0. The zero-order valence-electron chi connectivity index (χ0n) is 9.88. The highest BCUT2D eigenvalue weighted by Crippen LogP contribution is 2.37. The van der Waals surface area contributed by atoms with Crippen LogP contribution < -0.4 is 10.6 Å². The van der Waals surface area contributed by atoms with Crippen molar-refractivity contribution in [1.82, 2.24) is 0 Å². The van der Waals surface area contributed by atoms with Crippen LogP contribution in [0.3, 0.4) is 0 Å². The summed E-state index contributed by atoms with van der Waals surface area (Å²) in [6, 6.07) is 3.31. The lowest BCUT2D eigenvalue weighted by molar-refractivity contribution is -0.137. The molecule has 1 saturated heterocycles. The average molecular weight is 293 g/mol. The van der Waals surface area contributed by atoms with Gasteiger partial charge in [0.15, 0.2) is 0 Å². The Bertz CT molecular complexity index is 504. The van der Waals surface area contributed by atoms with Gasteiger partial charge < -0.3 is 10.6 Å². The standard InChI is InChI=1S/C12H12ClF3N2O/c13-10-4-8(1-2-9(10)12(14,15)16)18-6-7(5-17)3-11(18)19/h1-2,4,7H,3,5-6,17H2. The number of alkyl halides is 3. The van der Waals surface area contributed by atoms with Crippen LogP contribution in [0, 0.1) is 5.92 Å². The normalized spacial score (nSPS) is 20.2. The first-order valence-electron chi connectivity index (χ1n) is 5.70. The van der Waals surface area contributed by atoms with Crippen molar-refractivity contribution in [2.45, 2.75) is 12.6 Å². The highest BCUT2D eigenvalue weighted by molar-refractivity contribution is 6.31. The first kappa shape index (κ1) is 14.1. The van der Waals surface area contributed by atoms with E-state index in [1.807, 2.05) is 0 Å². The fourth-order valence-electron chi connectivity index (χ4n) is 2.09. The minimum absolute atomic E-state index is 0.0357. The maximum absolute atomic E-state index is 12.6. The predicted octanol–water partition coefficient (Wildman–Crippen LogP) is 2.67. The summed E-state index contributed by atoms with van der Waals surface area (Å²) in [4.78, 5) is 13.2. The van der Waals surface area contributed by atoms with Gasteiger partial charge in [-0.05, 0) is 30.7 Å². The van der Waals surface area contributed by atoms with E-state index in [1.54, 1.807) is 0 Å². The molecule has 2 N–H and O–H groups in total. The Morgan fingerprint density at radius 3 is 2.58 bits per heavy atom. The van der Waals surface area contributed by atoms with Crippen LogP contribution in [0.15, 0.2) is 18.2 Å². The van der Waals surface area contributed by atoms with Crippen LogP contribution in [0.25, 0.3) is 0 Å². The largest absolute Gasteiger partial charge is 0.417 e. The third-order valence-electron chi connectivity index (χ3n) is 3.11. The summed E-state index contributed by atoms with van der Waals surface area (Å²) in [5, 5.41) is -0.408. The molecule has 1 atom stereocenters. The fraction of sp³-hybridized carbons (Fsp3) is 0.417. The van der Waals surface area contributed by atoms with E-state index in [9.17, 15) is 18.0 Å². The number of hydrogen-bond donors (Lipinski definition) is 1. The summed E-state index contributed by atoms with van der Waals surface area (Å²) in [5.74, 6) is -0.111. The molecule has 1 aliphatic rings. The lowest BCUT2D eigenvalue weighted by Gasteiger charge is -2.18. The van der Waals surface area contributed by atoms with Crippen molar-refractivity contribution in [2.24, 2.45) is 11.7 Å². The molecule has 0 saturated carbocycles. The smallest absolute Gasteiger partial charge is 0.330 e. The Balaban J connectivity index is 2.28. The molecule has 1 aliphatic heterocycles. The zero-order chi connectivity index (χ0) is 14.2. The molecule has 1 aromatic rings.